The zero-order chi connectivity index (χ0) is 14.0. The number of hydrogen-bond donors (Lipinski definition) is 2. The van der Waals surface area contributed by atoms with E-state index in [1.807, 2.05) is 0 Å². The number of sulfonamides is 1. The van der Waals surface area contributed by atoms with Gasteiger partial charge in [0, 0.05) is 11.6 Å². The maximum Gasteiger partial charge on any atom is 0.252 e. The summed E-state index contributed by atoms with van der Waals surface area (Å²) in [5, 5.41) is 0.751. The SMILES string of the molecule is Cc1nc(N)sc1S(=O)(=O)NCc1ccccc1Cl. The third kappa shape index (κ3) is 3.24. The van der Waals surface area contributed by atoms with E-state index in [-0.39, 0.29) is 15.9 Å². The average molecular weight is 318 g/mol. The zero-order valence-corrected chi connectivity index (χ0v) is 12.4. The van der Waals surface area contributed by atoms with E-state index in [0.29, 0.717) is 16.3 Å². The Morgan fingerprint density at radius 3 is 2.68 bits per heavy atom. The quantitative estimate of drug-likeness (QED) is 0.905. The molecule has 0 aliphatic carbocycles. The van der Waals surface area contributed by atoms with Crippen molar-refractivity contribution in [2.75, 3.05) is 5.73 Å². The number of hydrogen-bond acceptors (Lipinski definition) is 5. The molecule has 0 aliphatic rings. The van der Waals surface area contributed by atoms with Crippen molar-refractivity contribution in [2.45, 2.75) is 17.7 Å². The smallest absolute Gasteiger partial charge is 0.252 e. The number of nitrogens with two attached hydrogens (primary N) is 1. The van der Waals surface area contributed by atoms with Crippen molar-refractivity contribution in [3.63, 3.8) is 0 Å². The lowest BCUT2D eigenvalue weighted by atomic mass is 10.2. The number of nitrogens with one attached hydrogen (secondary N) is 1. The van der Waals surface area contributed by atoms with Crippen LogP contribution in [-0.2, 0) is 16.6 Å². The molecule has 0 amide bonds. The summed E-state index contributed by atoms with van der Waals surface area (Å²) in [5.74, 6) is 0. The Kier molecular flexibility index (Phi) is 4.10. The van der Waals surface area contributed by atoms with Gasteiger partial charge in [-0.3, -0.25) is 0 Å². The van der Waals surface area contributed by atoms with Crippen molar-refractivity contribution in [3.8, 4) is 0 Å². The molecule has 0 radical (unpaired) electrons. The molecule has 0 unspecified atom stereocenters. The van der Waals surface area contributed by atoms with Gasteiger partial charge < -0.3 is 5.73 Å². The molecule has 0 bridgehead atoms. The Balaban J connectivity index is 2.19. The van der Waals surface area contributed by atoms with Crippen LogP contribution in [0.4, 0.5) is 5.13 Å². The normalized spacial score (nSPS) is 11.7. The molecule has 8 heteroatoms. The number of anilines is 1. The van der Waals surface area contributed by atoms with E-state index in [9.17, 15) is 8.42 Å². The van der Waals surface area contributed by atoms with Gasteiger partial charge in [-0.15, -0.1) is 0 Å². The number of benzene rings is 1. The second kappa shape index (κ2) is 5.46. The van der Waals surface area contributed by atoms with Crippen molar-refractivity contribution < 1.29 is 8.42 Å². The molecular weight excluding hydrogens is 306 g/mol. The summed E-state index contributed by atoms with van der Waals surface area (Å²) < 4.78 is 26.8. The molecule has 1 aromatic carbocycles. The fourth-order valence-electron chi connectivity index (χ4n) is 1.53. The molecule has 0 saturated heterocycles. The van der Waals surface area contributed by atoms with Crippen LogP contribution in [0, 0.1) is 6.92 Å². The van der Waals surface area contributed by atoms with Gasteiger partial charge in [-0.25, -0.2) is 18.1 Å². The van der Waals surface area contributed by atoms with E-state index in [1.165, 1.54) is 0 Å². The topological polar surface area (TPSA) is 85.1 Å². The average Bonchev–Trinajstić information content (AvgIpc) is 2.68. The van der Waals surface area contributed by atoms with Crippen LogP contribution in [0.25, 0.3) is 0 Å². The minimum atomic E-state index is -3.62. The first-order valence-corrected chi connectivity index (χ1v) is 8.04. The molecule has 19 heavy (non-hydrogen) atoms. The van der Waals surface area contributed by atoms with Crippen LogP contribution in [0.1, 0.15) is 11.3 Å². The molecule has 0 fully saturated rings. The lowest BCUT2D eigenvalue weighted by Gasteiger charge is -2.06. The number of nitrogen functional groups attached to an aromatic ring is 1. The molecular formula is C11H12ClN3O2S2. The summed E-state index contributed by atoms with van der Waals surface area (Å²) in [4.78, 5) is 3.90. The Labute approximate surface area is 120 Å². The van der Waals surface area contributed by atoms with Gasteiger partial charge in [-0.1, -0.05) is 41.1 Å². The van der Waals surface area contributed by atoms with Gasteiger partial charge in [0.15, 0.2) is 9.34 Å². The number of aromatic nitrogens is 1. The fraction of sp³-hybridized carbons (Fsp3) is 0.182. The monoisotopic (exact) mass is 317 g/mol. The molecule has 2 rings (SSSR count). The van der Waals surface area contributed by atoms with E-state index in [4.69, 9.17) is 17.3 Å². The van der Waals surface area contributed by atoms with Gasteiger partial charge in [0.2, 0.25) is 0 Å². The highest BCUT2D eigenvalue weighted by Crippen LogP contribution is 2.25. The van der Waals surface area contributed by atoms with Crippen molar-refractivity contribution in [2.24, 2.45) is 0 Å². The van der Waals surface area contributed by atoms with Gasteiger partial charge in [0.25, 0.3) is 10.0 Å². The minimum Gasteiger partial charge on any atom is -0.375 e. The zero-order valence-electron chi connectivity index (χ0n) is 10.1. The third-order valence-corrected chi connectivity index (χ3v) is 5.79. The summed E-state index contributed by atoms with van der Waals surface area (Å²) in [7, 11) is -3.62. The highest BCUT2D eigenvalue weighted by atomic mass is 35.5. The third-order valence-electron chi connectivity index (χ3n) is 2.43. The van der Waals surface area contributed by atoms with Gasteiger partial charge in [0.1, 0.15) is 0 Å². The maximum absolute atomic E-state index is 12.1. The number of rotatable bonds is 4. The van der Waals surface area contributed by atoms with Crippen LogP contribution in [0.5, 0.6) is 0 Å². The Hall–Kier alpha value is -1.15. The number of halogens is 1. The van der Waals surface area contributed by atoms with Gasteiger partial charge >= 0.3 is 0 Å². The molecule has 1 aromatic heterocycles. The molecule has 0 spiro atoms. The van der Waals surface area contributed by atoms with Gasteiger partial charge in [-0.05, 0) is 18.6 Å². The standard InChI is InChI=1S/C11H12ClN3O2S2/c1-7-10(18-11(13)15-7)19(16,17)14-6-8-4-2-3-5-9(8)12/h2-5,14H,6H2,1H3,(H2,13,15). The summed E-state index contributed by atoms with van der Waals surface area (Å²) in [6.07, 6.45) is 0. The number of aryl methyl sites for hydroxylation is 1. The molecule has 2 aromatic rings. The Bertz CT molecular complexity index is 698. The Morgan fingerprint density at radius 1 is 1.42 bits per heavy atom. The largest absolute Gasteiger partial charge is 0.375 e. The molecule has 1 heterocycles. The highest BCUT2D eigenvalue weighted by molar-refractivity contribution is 7.91. The first-order chi connectivity index (χ1) is 8.90. The number of thiazole rings is 1. The van der Waals surface area contributed by atoms with Crippen LogP contribution in [-0.4, -0.2) is 13.4 Å². The Morgan fingerprint density at radius 2 is 2.11 bits per heavy atom. The summed E-state index contributed by atoms with van der Waals surface area (Å²) in [5.41, 5.74) is 6.61. The maximum atomic E-state index is 12.1. The summed E-state index contributed by atoms with van der Waals surface area (Å²) in [6, 6.07) is 7.06. The van der Waals surface area contributed by atoms with Crippen molar-refractivity contribution in [1.82, 2.24) is 9.71 Å². The minimum absolute atomic E-state index is 0.124. The van der Waals surface area contributed by atoms with Crippen molar-refractivity contribution in [3.05, 3.63) is 40.5 Å². The molecule has 5 nitrogen and oxygen atoms in total. The predicted molar refractivity (Wildman–Crippen MR) is 76.7 cm³/mol. The second-order valence-corrected chi connectivity index (χ2v) is 7.24. The van der Waals surface area contributed by atoms with E-state index >= 15 is 0 Å². The first-order valence-electron chi connectivity index (χ1n) is 5.36. The van der Waals surface area contributed by atoms with Crippen molar-refractivity contribution in [1.29, 1.82) is 0 Å². The van der Waals surface area contributed by atoms with E-state index in [0.717, 1.165) is 11.3 Å². The van der Waals surface area contributed by atoms with Crippen LogP contribution < -0.4 is 10.5 Å². The molecule has 0 aliphatic heterocycles. The predicted octanol–water partition coefficient (Wildman–Crippen LogP) is 2.17. The first kappa shape index (κ1) is 14.3. The lowest BCUT2D eigenvalue weighted by molar-refractivity contribution is 0.582. The van der Waals surface area contributed by atoms with Crippen LogP contribution in [0.15, 0.2) is 28.5 Å². The van der Waals surface area contributed by atoms with E-state index in [2.05, 4.69) is 9.71 Å². The van der Waals surface area contributed by atoms with Gasteiger partial charge in [0.05, 0.1) is 5.69 Å². The molecule has 0 saturated carbocycles. The van der Waals surface area contributed by atoms with Crippen molar-refractivity contribution >= 4 is 38.1 Å². The summed E-state index contributed by atoms with van der Waals surface area (Å²) in [6.45, 7) is 1.73. The number of nitrogens with zero attached hydrogens (tertiary/aromatic N) is 1. The van der Waals surface area contributed by atoms with E-state index < -0.39 is 10.0 Å². The second-order valence-electron chi connectivity index (χ2n) is 3.84. The summed E-state index contributed by atoms with van der Waals surface area (Å²) >= 11 is 6.91. The van der Waals surface area contributed by atoms with Crippen LogP contribution in [0.3, 0.4) is 0 Å². The fourth-order valence-corrected chi connectivity index (χ4v) is 4.08. The van der Waals surface area contributed by atoms with Crippen LogP contribution >= 0.6 is 22.9 Å². The molecule has 3 N–H and O–H groups in total. The lowest BCUT2D eigenvalue weighted by Crippen LogP contribution is -2.23. The van der Waals surface area contributed by atoms with Gasteiger partial charge in [-0.2, -0.15) is 0 Å². The molecule has 0 atom stereocenters. The van der Waals surface area contributed by atoms with Crippen LogP contribution in [0.2, 0.25) is 5.02 Å². The highest BCUT2D eigenvalue weighted by Gasteiger charge is 2.21. The molecule has 102 valence electrons. The van der Waals surface area contributed by atoms with E-state index in [1.54, 1.807) is 31.2 Å².